The number of amides is 1. The van der Waals surface area contributed by atoms with Crippen molar-refractivity contribution in [3.63, 3.8) is 0 Å². The average molecular weight is 291 g/mol. The van der Waals surface area contributed by atoms with Crippen molar-refractivity contribution >= 4 is 28.6 Å². The van der Waals surface area contributed by atoms with E-state index < -0.39 is 4.92 Å². The molecule has 2 rings (SSSR count). The summed E-state index contributed by atoms with van der Waals surface area (Å²) in [6.45, 7) is 5.75. The van der Waals surface area contributed by atoms with Gasteiger partial charge >= 0.3 is 0 Å². The monoisotopic (exact) mass is 291 g/mol. The van der Waals surface area contributed by atoms with Crippen LogP contribution in [0.25, 0.3) is 11.0 Å². The van der Waals surface area contributed by atoms with Gasteiger partial charge in [-0.1, -0.05) is 0 Å². The van der Waals surface area contributed by atoms with Gasteiger partial charge in [-0.05, 0) is 26.8 Å². The maximum Gasteiger partial charge on any atom is 0.271 e. The largest absolute Gasteiger partial charge is 0.350 e. The molecule has 0 aliphatic carbocycles. The first-order chi connectivity index (χ1) is 9.74. The van der Waals surface area contributed by atoms with E-state index in [0.717, 1.165) is 0 Å². The van der Waals surface area contributed by atoms with Crippen molar-refractivity contribution in [2.24, 2.45) is 0 Å². The van der Waals surface area contributed by atoms with Crippen LogP contribution in [0.2, 0.25) is 0 Å². The summed E-state index contributed by atoms with van der Waals surface area (Å²) in [6.07, 6.45) is 0. The number of aromatic nitrogens is 2. The molecule has 1 aromatic heterocycles. The predicted molar refractivity (Wildman–Crippen MR) is 79.1 cm³/mol. The number of carbonyl (C=O) groups is 1. The first kappa shape index (κ1) is 14.8. The Balaban J connectivity index is 2.06. The van der Waals surface area contributed by atoms with Crippen LogP contribution in [-0.4, -0.2) is 32.9 Å². The van der Waals surface area contributed by atoms with Gasteiger partial charge in [-0.15, -0.1) is 0 Å². The Morgan fingerprint density at radius 3 is 2.76 bits per heavy atom. The predicted octanol–water partition coefficient (Wildman–Crippen LogP) is 1.80. The van der Waals surface area contributed by atoms with Crippen LogP contribution >= 0.6 is 0 Å². The number of non-ortho nitro benzene ring substituents is 1. The van der Waals surface area contributed by atoms with Gasteiger partial charge in [-0.3, -0.25) is 14.9 Å². The van der Waals surface area contributed by atoms with Gasteiger partial charge in [0.25, 0.3) is 5.69 Å². The summed E-state index contributed by atoms with van der Waals surface area (Å²) in [5.41, 5.74) is 0.832. The second-order valence-electron chi connectivity index (χ2n) is 5.70. The molecule has 112 valence electrons. The highest BCUT2D eigenvalue weighted by Crippen LogP contribution is 2.20. The zero-order chi connectivity index (χ0) is 15.6. The van der Waals surface area contributed by atoms with E-state index in [1.54, 1.807) is 6.07 Å². The number of hydrogen-bond acceptors (Lipinski definition) is 5. The highest BCUT2D eigenvalue weighted by Gasteiger charge is 2.14. The van der Waals surface area contributed by atoms with Crippen molar-refractivity contribution in [1.82, 2.24) is 15.3 Å². The molecule has 1 aromatic carbocycles. The molecular formula is C13H17N5O3. The van der Waals surface area contributed by atoms with Crippen LogP contribution in [0.15, 0.2) is 18.2 Å². The van der Waals surface area contributed by atoms with E-state index in [9.17, 15) is 14.9 Å². The number of fused-ring (bicyclic) bond motifs is 1. The molecule has 0 aliphatic rings. The zero-order valence-corrected chi connectivity index (χ0v) is 12.1. The average Bonchev–Trinajstić information content (AvgIpc) is 2.75. The number of benzene rings is 1. The first-order valence-electron chi connectivity index (χ1n) is 6.44. The van der Waals surface area contributed by atoms with Gasteiger partial charge in [0.05, 0.1) is 22.5 Å². The lowest BCUT2D eigenvalue weighted by atomic mass is 10.1. The summed E-state index contributed by atoms with van der Waals surface area (Å²) in [7, 11) is 0. The van der Waals surface area contributed by atoms with E-state index in [4.69, 9.17) is 0 Å². The molecule has 0 fully saturated rings. The Kier molecular flexibility index (Phi) is 3.79. The fourth-order valence-electron chi connectivity index (χ4n) is 1.82. The van der Waals surface area contributed by atoms with Crippen LogP contribution in [0, 0.1) is 10.1 Å². The smallest absolute Gasteiger partial charge is 0.271 e. The molecule has 0 radical (unpaired) electrons. The highest BCUT2D eigenvalue weighted by molar-refractivity contribution is 5.83. The molecule has 3 N–H and O–H groups in total. The molecule has 1 heterocycles. The van der Waals surface area contributed by atoms with Crippen molar-refractivity contribution in [3.8, 4) is 0 Å². The maximum atomic E-state index is 11.7. The normalized spacial score (nSPS) is 11.4. The number of nitro benzene ring substituents is 1. The fourth-order valence-corrected chi connectivity index (χ4v) is 1.82. The second kappa shape index (κ2) is 5.39. The lowest BCUT2D eigenvalue weighted by molar-refractivity contribution is -0.384. The molecule has 2 aromatic rings. The lowest BCUT2D eigenvalue weighted by Gasteiger charge is -2.20. The van der Waals surface area contributed by atoms with E-state index in [1.165, 1.54) is 12.1 Å². The van der Waals surface area contributed by atoms with Crippen molar-refractivity contribution in [2.45, 2.75) is 26.3 Å². The van der Waals surface area contributed by atoms with Crippen LogP contribution in [0.5, 0.6) is 0 Å². The van der Waals surface area contributed by atoms with Gasteiger partial charge in [0.1, 0.15) is 0 Å². The molecule has 21 heavy (non-hydrogen) atoms. The van der Waals surface area contributed by atoms with Crippen LogP contribution in [0.1, 0.15) is 20.8 Å². The third kappa shape index (κ3) is 3.91. The molecule has 0 unspecified atom stereocenters. The van der Waals surface area contributed by atoms with Crippen LogP contribution < -0.4 is 10.6 Å². The van der Waals surface area contributed by atoms with Gasteiger partial charge in [0, 0.05) is 17.7 Å². The minimum atomic E-state index is -0.468. The number of carbonyl (C=O) groups excluding carboxylic acids is 1. The van der Waals surface area contributed by atoms with Gasteiger partial charge in [0.15, 0.2) is 0 Å². The van der Waals surface area contributed by atoms with Crippen molar-refractivity contribution in [2.75, 3.05) is 11.9 Å². The maximum absolute atomic E-state index is 11.7. The molecule has 0 spiro atoms. The van der Waals surface area contributed by atoms with E-state index in [1.807, 2.05) is 20.8 Å². The number of rotatable bonds is 4. The van der Waals surface area contributed by atoms with Crippen LogP contribution in [-0.2, 0) is 4.79 Å². The molecule has 1 amide bonds. The summed E-state index contributed by atoms with van der Waals surface area (Å²) in [6, 6.07) is 4.35. The minimum absolute atomic E-state index is 0.0109. The summed E-state index contributed by atoms with van der Waals surface area (Å²) < 4.78 is 0. The summed E-state index contributed by atoms with van der Waals surface area (Å²) in [4.78, 5) is 29.0. The summed E-state index contributed by atoms with van der Waals surface area (Å²) in [5, 5.41) is 16.4. The minimum Gasteiger partial charge on any atom is -0.350 e. The third-order valence-electron chi connectivity index (χ3n) is 2.61. The Labute approximate surface area is 121 Å². The molecule has 0 saturated heterocycles. The van der Waals surface area contributed by atoms with E-state index in [2.05, 4.69) is 20.6 Å². The standard InChI is InChI=1S/C13H17N5O3/c1-13(2,3)17-11(19)7-14-12-15-9-5-4-8(18(20)21)6-10(9)16-12/h4-6H,7H2,1-3H3,(H,17,19)(H2,14,15,16). The molecule has 0 bridgehead atoms. The van der Waals surface area contributed by atoms with Gasteiger partial charge in [-0.25, -0.2) is 4.98 Å². The number of imidazole rings is 1. The van der Waals surface area contributed by atoms with Crippen molar-refractivity contribution in [3.05, 3.63) is 28.3 Å². The number of anilines is 1. The van der Waals surface area contributed by atoms with E-state index in [-0.39, 0.29) is 23.7 Å². The summed E-state index contributed by atoms with van der Waals surface area (Å²) >= 11 is 0. The first-order valence-corrected chi connectivity index (χ1v) is 6.44. The Bertz CT molecular complexity index is 687. The van der Waals surface area contributed by atoms with E-state index in [0.29, 0.717) is 17.0 Å². The number of nitrogens with one attached hydrogen (secondary N) is 3. The Morgan fingerprint density at radius 2 is 2.14 bits per heavy atom. The van der Waals surface area contributed by atoms with Gasteiger partial charge < -0.3 is 15.6 Å². The molecule has 8 heteroatoms. The highest BCUT2D eigenvalue weighted by atomic mass is 16.6. The second-order valence-corrected chi connectivity index (χ2v) is 5.70. The fraction of sp³-hybridized carbons (Fsp3) is 0.385. The quantitative estimate of drug-likeness (QED) is 0.587. The molecule has 0 atom stereocenters. The topological polar surface area (TPSA) is 113 Å². The molecular weight excluding hydrogens is 274 g/mol. The van der Waals surface area contributed by atoms with Crippen molar-refractivity contribution in [1.29, 1.82) is 0 Å². The summed E-state index contributed by atoms with van der Waals surface area (Å²) in [5.74, 6) is 0.239. The molecule has 8 nitrogen and oxygen atoms in total. The van der Waals surface area contributed by atoms with Crippen LogP contribution in [0.3, 0.4) is 0 Å². The number of H-pyrrole nitrogens is 1. The van der Waals surface area contributed by atoms with E-state index >= 15 is 0 Å². The van der Waals surface area contributed by atoms with Gasteiger partial charge in [0.2, 0.25) is 11.9 Å². The van der Waals surface area contributed by atoms with Crippen molar-refractivity contribution < 1.29 is 9.72 Å². The zero-order valence-electron chi connectivity index (χ0n) is 12.1. The lowest BCUT2D eigenvalue weighted by Crippen LogP contribution is -2.43. The Hall–Kier alpha value is -2.64. The van der Waals surface area contributed by atoms with Crippen LogP contribution in [0.4, 0.5) is 11.6 Å². The number of aromatic amines is 1. The SMILES string of the molecule is CC(C)(C)NC(=O)CNc1nc2ccc([N+](=O)[O-])cc2[nH]1. The molecule has 0 aliphatic heterocycles. The Morgan fingerprint density at radius 1 is 1.43 bits per heavy atom. The third-order valence-corrected chi connectivity index (χ3v) is 2.61. The number of nitrogens with zero attached hydrogens (tertiary/aromatic N) is 2. The number of hydrogen-bond donors (Lipinski definition) is 3. The van der Waals surface area contributed by atoms with Gasteiger partial charge in [-0.2, -0.15) is 0 Å². The molecule has 0 saturated carbocycles. The number of nitro groups is 1.